The lowest BCUT2D eigenvalue weighted by Crippen LogP contribution is -2.30. The Morgan fingerprint density at radius 3 is 2.81 bits per heavy atom. The number of hydrogen-bond acceptors (Lipinski definition) is 4. The lowest BCUT2D eigenvalue weighted by atomic mass is 10.1. The fourth-order valence-corrected chi connectivity index (χ4v) is 4.44. The van der Waals surface area contributed by atoms with Crippen molar-refractivity contribution in [2.45, 2.75) is 11.3 Å². The second-order valence-electron chi connectivity index (χ2n) is 4.87. The van der Waals surface area contributed by atoms with Crippen LogP contribution in [0, 0.1) is 5.92 Å². The first kappa shape index (κ1) is 18.5. The Labute approximate surface area is 137 Å². The van der Waals surface area contributed by atoms with Crippen LogP contribution < -0.4 is 10.1 Å². The molecular formula is C13H20Cl2N2O3S. The van der Waals surface area contributed by atoms with Crippen molar-refractivity contribution in [1.82, 2.24) is 9.62 Å². The van der Waals surface area contributed by atoms with Gasteiger partial charge in [0.05, 0.1) is 12.1 Å². The molecule has 21 heavy (non-hydrogen) atoms. The van der Waals surface area contributed by atoms with Gasteiger partial charge in [0.15, 0.2) is 0 Å². The minimum absolute atomic E-state index is 0. The Morgan fingerprint density at radius 1 is 1.48 bits per heavy atom. The summed E-state index contributed by atoms with van der Waals surface area (Å²) in [5, 5.41) is 3.31. The van der Waals surface area contributed by atoms with Crippen LogP contribution in [0.1, 0.15) is 6.42 Å². The lowest BCUT2D eigenvalue weighted by molar-refractivity contribution is 0.412. The van der Waals surface area contributed by atoms with Crippen LogP contribution >= 0.6 is 24.0 Å². The summed E-state index contributed by atoms with van der Waals surface area (Å²) in [7, 11) is -0.190. The molecule has 0 spiro atoms. The standard InChI is InChI=1S/C13H19ClN2O3S.ClH/c1-15-8-10-5-6-16(9-10)20(17,18)13-7-11(19-2)3-4-12(13)14;/h3-4,7,10,15H,5-6,8-9H2,1-2H3;1H. The zero-order valence-corrected chi connectivity index (χ0v) is 14.4. The number of halogens is 2. The van der Waals surface area contributed by atoms with Crippen molar-refractivity contribution in [2.75, 3.05) is 33.8 Å². The highest BCUT2D eigenvalue weighted by atomic mass is 35.5. The van der Waals surface area contributed by atoms with Crippen LogP contribution in [0.25, 0.3) is 0 Å². The van der Waals surface area contributed by atoms with Crippen LogP contribution in [0.4, 0.5) is 0 Å². The summed E-state index contributed by atoms with van der Waals surface area (Å²) < 4.78 is 31.8. The molecule has 1 fully saturated rings. The van der Waals surface area contributed by atoms with Gasteiger partial charge < -0.3 is 10.1 Å². The molecule has 0 aromatic heterocycles. The summed E-state index contributed by atoms with van der Waals surface area (Å²) in [5.41, 5.74) is 0. The number of nitrogens with one attached hydrogen (secondary N) is 1. The molecule has 0 aliphatic carbocycles. The molecular weight excluding hydrogens is 335 g/mol. The molecule has 0 bridgehead atoms. The molecule has 1 heterocycles. The number of rotatable bonds is 5. The number of hydrogen-bond donors (Lipinski definition) is 1. The number of nitrogens with zero attached hydrogens (tertiary/aromatic N) is 1. The van der Waals surface area contributed by atoms with Crippen LogP contribution in [-0.4, -0.2) is 46.5 Å². The molecule has 0 amide bonds. The van der Waals surface area contributed by atoms with Crippen LogP contribution in [0.2, 0.25) is 5.02 Å². The fraction of sp³-hybridized carbons (Fsp3) is 0.538. The zero-order chi connectivity index (χ0) is 14.8. The Kier molecular flexibility index (Phi) is 6.74. The molecule has 1 aliphatic heterocycles. The Morgan fingerprint density at radius 2 is 2.19 bits per heavy atom. The van der Waals surface area contributed by atoms with E-state index >= 15 is 0 Å². The van der Waals surface area contributed by atoms with Gasteiger partial charge in [-0.1, -0.05) is 11.6 Å². The molecule has 1 aliphatic rings. The van der Waals surface area contributed by atoms with Gasteiger partial charge in [-0.15, -0.1) is 12.4 Å². The molecule has 0 radical (unpaired) electrons. The average Bonchev–Trinajstić information content (AvgIpc) is 2.89. The van der Waals surface area contributed by atoms with E-state index in [2.05, 4.69) is 5.32 Å². The van der Waals surface area contributed by atoms with Gasteiger partial charge >= 0.3 is 0 Å². The largest absolute Gasteiger partial charge is 0.497 e. The molecule has 8 heteroatoms. The SMILES string of the molecule is CNCC1CCN(S(=O)(=O)c2cc(OC)ccc2Cl)C1.Cl. The van der Waals surface area contributed by atoms with Crippen LogP contribution in [0.5, 0.6) is 5.75 Å². The van der Waals surface area contributed by atoms with Crippen molar-refractivity contribution in [3.63, 3.8) is 0 Å². The summed E-state index contributed by atoms with van der Waals surface area (Å²) >= 11 is 6.04. The van der Waals surface area contributed by atoms with Crippen molar-refractivity contribution in [1.29, 1.82) is 0 Å². The van der Waals surface area contributed by atoms with E-state index in [4.69, 9.17) is 16.3 Å². The highest BCUT2D eigenvalue weighted by Crippen LogP contribution is 2.31. The summed E-state index contributed by atoms with van der Waals surface area (Å²) in [6, 6.07) is 4.67. The number of benzene rings is 1. The third-order valence-corrected chi connectivity index (χ3v) is 5.84. The van der Waals surface area contributed by atoms with E-state index in [0.717, 1.165) is 13.0 Å². The monoisotopic (exact) mass is 354 g/mol. The minimum Gasteiger partial charge on any atom is -0.497 e. The molecule has 1 saturated heterocycles. The van der Waals surface area contributed by atoms with Crippen molar-refractivity contribution in [2.24, 2.45) is 5.92 Å². The second kappa shape index (κ2) is 7.65. The zero-order valence-electron chi connectivity index (χ0n) is 12.0. The second-order valence-corrected chi connectivity index (χ2v) is 7.19. The topological polar surface area (TPSA) is 58.6 Å². The first-order valence-electron chi connectivity index (χ1n) is 6.47. The van der Waals surface area contributed by atoms with Crippen LogP contribution in [0.15, 0.2) is 23.1 Å². The number of sulfonamides is 1. The maximum Gasteiger partial charge on any atom is 0.244 e. The third-order valence-electron chi connectivity index (χ3n) is 3.50. The van der Waals surface area contributed by atoms with Crippen LogP contribution in [0.3, 0.4) is 0 Å². The molecule has 1 unspecified atom stereocenters. The summed E-state index contributed by atoms with van der Waals surface area (Å²) in [5.74, 6) is 0.832. The van der Waals surface area contributed by atoms with E-state index < -0.39 is 10.0 Å². The predicted octanol–water partition coefficient (Wildman–Crippen LogP) is 2.00. The van der Waals surface area contributed by atoms with Gasteiger partial charge in [0.2, 0.25) is 10.0 Å². The van der Waals surface area contributed by atoms with Gasteiger partial charge in [-0.05, 0) is 38.1 Å². The van der Waals surface area contributed by atoms with Gasteiger partial charge in [-0.2, -0.15) is 4.31 Å². The van der Waals surface area contributed by atoms with Crippen molar-refractivity contribution < 1.29 is 13.2 Å². The fourth-order valence-electron chi connectivity index (χ4n) is 2.42. The van der Waals surface area contributed by atoms with Gasteiger partial charge in [-0.25, -0.2) is 8.42 Å². The first-order chi connectivity index (χ1) is 9.48. The van der Waals surface area contributed by atoms with Gasteiger partial charge in [0, 0.05) is 19.2 Å². The lowest BCUT2D eigenvalue weighted by Gasteiger charge is -2.18. The third kappa shape index (κ3) is 4.02. The van der Waals surface area contributed by atoms with Crippen molar-refractivity contribution in [3.8, 4) is 5.75 Å². The van der Waals surface area contributed by atoms with E-state index in [1.165, 1.54) is 17.5 Å². The number of ether oxygens (including phenoxy) is 1. The quantitative estimate of drug-likeness (QED) is 0.878. The van der Waals surface area contributed by atoms with Crippen molar-refractivity contribution >= 4 is 34.0 Å². The maximum atomic E-state index is 12.6. The molecule has 1 atom stereocenters. The highest BCUT2D eigenvalue weighted by Gasteiger charge is 2.33. The predicted molar refractivity (Wildman–Crippen MR) is 86.0 cm³/mol. The molecule has 0 saturated carbocycles. The first-order valence-corrected chi connectivity index (χ1v) is 8.29. The summed E-state index contributed by atoms with van der Waals surface area (Å²) in [6.45, 7) is 1.87. The molecule has 1 aromatic rings. The highest BCUT2D eigenvalue weighted by molar-refractivity contribution is 7.89. The minimum atomic E-state index is -3.56. The van der Waals surface area contributed by atoms with Crippen LogP contribution in [-0.2, 0) is 10.0 Å². The van der Waals surface area contributed by atoms with E-state index in [1.54, 1.807) is 12.1 Å². The number of methoxy groups -OCH3 is 1. The molecule has 120 valence electrons. The summed E-state index contributed by atoms with van der Waals surface area (Å²) in [6.07, 6.45) is 0.863. The Balaban J connectivity index is 0.00000220. The van der Waals surface area contributed by atoms with E-state index in [9.17, 15) is 8.42 Å². The summed E-state index contributed by atoms with van der Waals surface area (Å²) in [4.78, 5) is 0.114. The Bertz CT molecular complexity index is 581. The maximum absolute atomic E-state index is 12.6. The average molecular weight is 355 g/mol. The molecule has 1 N–H and O–H groups in total. The van der Waals surface area contributed by atoms with Gasteiger partial charge in [-0.3, -0.25) is 0 Å². The van der Waals surface area contributed by atoms with E-state index in [1.807, 2.05) is 7.05 Å². The van der Waals surface area contributed by atoms with Gasteiger partial charge in [0.25, 0.3) is 0 Å². The normalized spacial score (nSPS) is 19.3. The molecule has 2 rings (SSSR count). The van der Waals surface area contributed by atoms with E-state index in [-0.39, 0.29) is 22.3 Å². The molecule has 5 nitrogen and oxygen atoms in total. The molecule has 1 aromatic carbocycles. The smallest absolute Gasteiger partial charge is 0.244 e. The van der Waals surface area contributed by atoms with Crippen molar-refractivity contribution in [3.05, 3.63) is 23.2 Å². The Hall–Kier alpha value is -0.530. The van der Waals surface area contributed by atoms with Gasteiger partial charge in [0.1, 0.15) is 10.6 Å². The van der Waals surface area contributed by atoms with E-state index in [0.29, 0.717) is 24.8 Å².